The first-order chi connectivity index (χ1) is 9.17. The van der Waals surface area contributed by atoms with Crippen LogP contribution in [0.15, 0.2) is 18.2 Å². The van der Waals surface area contributed by atoms with Crippen molar-refractivity contribution in [2.45, 2.75) is 0 Å². The second-order valence-corrected chi connectivity index (χ2v) is 3.57. The summed E-state index contributed by atoms with van der Waals surface area (Å²) in [5.74, 6) is 0.347. The minimum atomic E-state index is -0.481. The molecule has 2 rings (SSSR count). The molecule has 1 aromatic carbocycles. The van der Waals surface area contributed by atoms with Gasteiger partial charge in [-0.1, -0.05) is 0 Å². The van der Waals surface area contributed by atoms with E-state index in [4.69, 9.17) is 9.47 Å². The molecule has 0 unspecified atom stereocenters. The van der Waals surface area contributed by atoms with Crippen molar-refractivity contribution in [1.29, 1.82) is 0 Å². The monoisotopic (exact) mass is 264 g/mol. The van der Waals surface area contributed by atoms with Gasteiger partial charge in [0, 0.05) is 12.6 Å². The minimum Gasteiger partial charge on any atom is -0.494 e. The fraction of sp³-hybridized carbons (Fsp3) is 0.250. The Bertz CT molecular complexity index is 570. The van der Waals surface area contributed by atoms with Crippen LogP contribution in [0, 0.1) is 5.82 Å². The highest BCUT2D eigenvalue weighted by Crippen LogP contribution is 2.24. The number of hydrogen-bond donors (Lipinski definition) is 1. The smallest absolute Gasteiger partial charge is 0.321 e. The van der Waals surface area contributed by atoms with Gasteiger partial charge in [0.25, 0.3) is 0 Å². The normalized spacial score (nSPS) is 10.1. The van der Waals surface area contributed by atoms with Crippen LogP contribution >= 0.6 is 0 Å². The number of nitrogens with one attached hydrogen (secondary N) is 1. The number of nitrogens with zero attached hydrogens (tertiary/aromatic N) is 3. The van der Waals surface area contributed by atoms with Crippen LogP contribution in [0.5, 0.6) is 11.8 Å². The highest BCUT2D eigenvalue weighted by Gasteiger charge is 2.11. The molecule has 7 heteroatoms. The maximum atomic E-state index is 13.7. The van der Waals surface area contributed by atoms with Gasteiger partial charge < -0.3 is 14.8 Å². The number of benzene rings is 1. The van der Waals surface area contributed by atoms with Crippen LogP contribution in [-0.4, -0.2) is 36.2 Å². The minimum absolute atomic E-state index is 0.158. The molecule has 0 fully saturated rings. The molecule has 0 amide bonds. The predicted molar refractivity (Wildman–Crippen MR) is 67.9 cm³/mol. The van der Waals surface area contributed by atoms with Crippen LogP contribution in [0.25, 0.3) is 11.4 Å². The summed E-state index contributed by atoms with van der Waals surface area (Å²) in [7, 11) is 4.53. The number of halogens is 1. The lowest BCUT2D eigenvalue weighted by atomic mass is 10.2. The van der Waals surface area contributed by atoms with Gasteiger partial charge in [0.15, 0.2) is 17.4 Å². The largest absolute Gasteiger partial charge is 0.494 e. The Balaban J connectivity index is 2.48. The number of rotatable bonds is 4. The molecule has 2 aromatic rings. The van der Waals surface area contributed by atoms with Crippen LogP contribution in [0.4, 0.5) is 10.3 Å². The molecular formula is C12H13FN4O2. The number of aromatic nitrogens is 3. The second kappa shape index (κ2) is 5.47. The highest BCUT2D eigenvalue weighted by atomic mass is 19.1. The van der Waals surface area contributed by atoms with Gasteiger partial charge in [-0.3, -0.25) is 0 Å². The average Bonchev–Trinajstić information content (AvgIpc) is 2.46. The van der Waals surface area contributed by atoms with Gasteiger partial charge in [-0.15, -0.1) is 0 Å². The maximum absolute atomic E-state index is 13.7. The number of ether oxygens (including phenoxy) is 2. The third-order valence-corrected chi connectivity index (χ3v) is 2.43. The fourth-order valence-corrected chi connectivity index (χ4v) is 1.49. The molecular weight excluding hydrogens is 251 g/mol. The zero-order valence-electron chi connectivity index (χ0n) is 10.8. The Hall–Kier alpha value is -2.44. The maximum Gasteiger partial charge on any atom is 0.321 e. The van der Waals surface area contributed by atoms with E-state index in [9.17, 15) is 4.39 Å². The Morgan fingerprint density at radius 2 is 1.89 bits per heavy atom. The lowest BCUT2D eigenvalue weighted by Crippen LogP contribution is -2.03. The molecule has 0 bridgehead atoms. The SMILES string of the molecule is CNc1nc(OC)nc(-c2ccc(OC)c(F)c2)n1. The Kier molecular flexibility index (Phi) is 3.74. The zero-order valence-corrected chi connectivity index (χ0v) is 10.8. The van der Waals surface area contributed by atoms with Crippen molar-refractivity contribution in [2.24, 2.45) is 0 Å². The van der Waals surface area contributed by atoms with Gasteiger partial charge >= 0.3 is 6.01 Å². The first kappa shape index (κ1) is 13.0. The summed E-state index contributed by atoms with van der Waals surface area (Å²) >= 11 is 0. The molecule has 0 aliphatic heterocycles. The standard InChI is InChI=1S/C12H13FN4O2/c1-14-11-15-10(16-12(17-11)19-3)7-4-5-9(18-2)8(13)6-7/h4-6H,1-3H3,(H,14,15,16,17). The lowest BCUT2D eigenvalue weighted by Gasteiger charge is -2.07. The summed E-state index contributed by atoms with van der Waals surface area (Å²) in [5, 5.41) is 2.79. The zero-order chi connectivity index (χ0) is 13.8. The molecule has 0 aliphatic rings. The molecule has 0 saturated carbocycles. The summed E-state index contributed by atoms with van der Waals surface area (Å²) < 4.78 is 23.5. The number of anilines is 1. The van der Waals surface area contributed by atoms with Gasteiger partial charge in [-0.2, -0.15) is 15.0 Å². The Labute approximate surface area is 109 Å². The predicted octanol–water partition coefficient (Wildman–Crippen LogP) is 1.74. The molecule has 1 aromatic heterocycles. The summed E-state index contributed by atoms with van der Waals surface area (Å²) in [6.07, 6.45) is 0. The summed E-state index contributed by atoms with van der Waals surface area (Å²) in [6.45, 7) is 0. The van der Waals surface area contributed by atoms with Crippen molar-refractivity contribution in [3.63, 3.8) is 0 Å². The van der Waals surface area contributed by atoms with E-state index in [1.807, 2.05) is 0 Å². The van der Waals surface area contributed by atoms with Crippen LogP contribution < -0.4 is 14.8 Å². The lowest BCUT2D eigenvalue weighted by molar-refractivity contribution is 0.379. The number of methoxy groups -OCH3 is 2. The van der Waals surface area contributed by atoms with Crippen molar-refractivity contribution in [3.05, 3.63) is 24.0 Å². The molecule has 1 N–H and O–H groups in total. The quantitative estimate of drug-likeness (QED) is 0.907. The molecule has 100 valence electrons. The first-order valence-electron chi connectivity index (χ1n) is 5.49. The van der Waals surface area contributed by atoms with E-state index in [1.54, 1.807) is 13.1 Å². The van der Waals surface area contributed by atoms with Gasteiger partial charge in [0.1, 0.15) is 0 Å². The van der Waals surface area contributed by atoms with E-state index in [0.717, 1.165) is 0 Å². The first-order valence-corrected chi connectivity index (χ1v) is 5.49. The van der Waals surface area contributed by atoms with Crippen LogP contribution in [0.3, 0.4) is 0 Å². The van der Waals surface area contributed by atoms with E-state index in [0.29, 0.717) is 17.3 Å². The summed E-state index contributed by atoms with van der Waals surface area (Å²) in [5.41, 5.74) is 0.510. The van der Waals surface area contributed by atoms with E-state index < -0.39 is 5.82 Å². The van der Waals surface area contributed by atoms with E-state index >= 15 is 0 Å². The highest BCUT2D eigenvalue weighted by molar-refractivity contribution is 5.58. The third kappa shape index (κ3) is 2.70. The average molecular weight is 264 g/mol. The van der Waals surface area contributed by atoms with E-state index in [2.05, 4.69) is 20.3 Å². The van der Waals surface area contributed by atoms with Gasteiger partial charge in [-0.05, 0) is 18.2 Å². The Morgan fingerprint density at radius 3 is 2.47 bits per heavy atom. The molecule has 0 radical (unpaired) electrons. The summed E-state index contributed by atoms with van der Waals surface area (Å²) in [4.78, 5) is 12.2. The van der Waals surface area contributed by atoms with Gasteiger partial charge in [-0.25, -0.2) is 4.39 Å². The second-order valence-electron chi connectivity index (χ2n) is 3.57. The van der Waals surface area contributed by atoms with Crippen LogP contribution in [-0.2, 0) is 0 Å². The molecule has 0 atom stereocenters. The van der Waals surface area contributed by atoms with Crippen molar-refractivity contribution < 1.29 is 13.9 Å². The molecule has 0 saturated heterocycles. The van der Waals surface area contributed by atoms with Gasteiger partial charge in [0.05, 0.1) is 14.2 Å². The van der Waals surface area contributed by atoms with Crippen LogP contribution in [0.2, 0.25) is 0 Å². The number of hydrogen-bond acceptors (Lipinski definition) is 6. The summed E-state index contributed by atoms with van der Waals surface area (Å²) in [6, 6.07) is 4.63. The van der Waals surface area contributed by atoms with Crippen molar-refractivity contribution in [3.8, 4) is 23.1 Å². The van der Waals surface area contributed by atoms with Crippen LogP contribution in [0.1, 0.15) is 0 Å². The topological polar surface area (TPSA) is 69.2 Å². The van der Waals surface area contributed by atoms with Crippen molar-refractivity contribution in [1.82, 2.24) is 15.0 Å². The fourth-order valence-electron chi connectivity index (χ4n) is 1.49. The van der Waals surface area contributed by atoms with Gasteiger partial charge in [0.2, 0.25) is 5.95 Å². The molecule has 6 nitrogen and oxygen atoms in total. The Morgan fingerprint density at radius 1 is 1.11 bits per heavy atom. The van der Waals surface area contributed by atoms with Crippen molar-refractivity contribution >= 4 is 5.95 Å². The molecule has 0 aliphatic carbocycles. The third-order valence-electron chi connectivity index (χ3n) is 2.43. The molecule has 19 heavy (non-hydrogen) atoms. The van der Waals surface area contributed by atoms with E-state index in [-0.39, 0.29) is 11.8 Å². The molecule has 0 spiro atoms. The van der Waals surface area contributed by atoms with E-state index in [1.165, 1.54) is 26.4 Å². The molecule has 1 heterocycles. The van der Waals surface area contributed by atoms with Crippen molar-refractivity contribution in [2.75, 3.05) is 26.6 Å².